The summed E-state index contributed by atoms with van der Waals surface area (Å²) in [6.45, 7) is 6.37. The summed E-state index contributed by atoms with van der Waals surface area (Å²) in [5.74, 6) is -1.06. The minimum atomic E-state index is -0.814. The lowest BCUT2D eigenvalue weighted by Crippen LogP contribution is -2.30. The first kappa shape index (κ1) is 51.9. The molecule has 0 radical (unpaired) electrons. The molecule has 0 rings (SSSR count). The first-order valence-corrected chi connectivity index (χ1v) is 22.4. The van der Waals surface area contributed by atoms with Gasteiger partial charge in [-0.25, -0.2) is 0 Å². The third-order valence-corrected chi connectivity index (χ3v) is 9.23. The molecule has 0 saturated carbocycles. The molecule has 6 nitrogen and oxygen atoms in total. The molecule has 1 atom stereocenters. The number of hydrogen-bond acceptors (Lipinski definition) is 6. The second-order valence-electron chi connectivity index (χ2n) is 14.6. The lowest BCUT2D eigenvalue weighted by Gasteiger charge is -2.18. The highest BCUT2D eigenvalue weighted by Crippen LogP contribution is 2.13. The molecule has 1 unspecified atom stereocenters. The van der Waals surface area contributed by atoms with Crippen LogP contribution in [0.25, 0.3) is 0 Å². The van der Waals surface area contributed by atoms with E-state index in [4.69, 9.17) is 14.2 Å². The Morgan fingerprint density at radius 2 is 0.782 bits per heavy atom. The van der Waals surface area contributed by atoms with Gasteiger partial charge >= 0.3 is 17.9 Å². The van der Waals surface area contributed by atoms with E-state index in [2.05, 4.69) is 81.5 Å². The van der Waals surface area contributed by atoms with Gasteiger partial charge in [0, 0.05) is 12.8 Å². The molecule has 55 heavy (non-hydrogen) atoms. The smallest absolute Gasteiger partial charge is 0.309 e. The van der Waals surface area contributed by atoms with Crippen LogP contribution in [0.15, 0.2) is 72.9 Å². The molecular formula is C49H82O6. The maximum atomic E-state index is 12.7. The van der Waals surface area contributed by atoms with E-state index < -0.39 is 12.1 Å². The molecule has 0 aliphatic rings. The van der Waals surface area contributed by atoms with Gasteiger partial charge in [-0.1, -0.05) is 184 Å². The van der Waals surface area contributed by atoms with Crippen LogP contribution in [0.3, 0.4) is 0 Å². The Kier molecular flexibility index (Phi) is 41.1. The maximum absolute atomic E-state index is 12.7. The van der Waals surface area contributed by atoms with Crippen LogP contribution in [0.5, 0.6) is 0 Å². The zero-order chi connectivity index (χ0) is 40.1. The van der Waals surface area contributed by atoms with Crippen LogP contribution in [-0.4, -0.2) is 37.2 Å². The van der Waals surface area contributed by atoms with Crippen LogP contribution in [0.1, 0.15) is 201 Å². The highest BCUT2D eigenvalue weighted by Gasteiger charge is 2.19. The molecule has 0 bridgehead atoms. The number of ether oxygens (including phenoxy) is 3. The lowest BCUT2D eigenvalue weighted by molar-refractivity contribution is -0.166. The van der Waals surface area contributed by atoms with E-state index in [-0.39, 0.29) is 31.6 Å². The van der Waals surface area contributed by atoms with E-state index in [1.165, 1.54) is 77.0 Å². The summed E-state index contributed by atoms with van der Waals surface area (Å²) in [6.07, 6.45) is 53.4. The van der Waals surface area contributed by atoms with Crippen molar-refractivity contribution in [2.45, 2.75) is 207 Å². The maximum Gasteiger partial charge on any atom is 0.309 e. The van der Waals surface area contributed by atoms with E-state index in [1.807, 2.05) is 6.08 Å². The number of esters is 3. The van der Waals surface area contributed by atoms with Gasteiger partial charge in [-0.15, -0.1) is 0 Å². The molecular weight excluding hydrogens is 685 g/mol. The molecule has 6 heteroatoms. The van der Waals surface area contributed by atoms with Crippen molar-refractivity contribution in [3.63, 3.8) is 0 Å². The number of allylic oxidation sites excluding steroid dienone is 11. The normalized spacial score (nSPS) is 12.7. The summed E-state index contributed by atoms with van der Waals surface area (Å²) in [5.41, 5.74) is 0. The van der Waals surface area contributed by atoms with Crippen molar-refractivity contribution in [2.75, 3.05) is 13.2 Å². The van der Waals surface area contributed by atoms with Crippen molar-refractivity contribution in [3.8, 4) is 0 Å². The van der Waals surface area contributed by atoms with E-state index >= 15 is 0 Å². The molecule has 0 aromatic carbocycles. The zero-order valence-corrected chi connectivity index (χ0v) is 35.7. The zero-order valence-electron chi connectivity index (χ0n) is 35.7. The van der Waals surface area contributed by atoms with Crippen LogP contribution < -0.4 is 0 Å². The minimum absolute atomic E-state index is 0.108. The van der Waals surface area contributed by atoms with E-state index in [0.717, 1.165) is 83.5 Å². The predicted molar refractivity (Wildman–Crippen MR) is 233 cm³/mol. The van der Waals surface area contributed by atoms with Crippen LogP contribution in [0.4, 0.5) is 0 Å². The number of carbonyl (C=O) groups is 3. The highest BCUT2D eigenvalue weighted by molar-refractivity contribution is 5.72. The third kappa shape index (κ3) is 41.8. The average Bonchev–Trinajstić information content (AvgIpc) is 3.18. The minimum Gasteiger partial charge on any atom is -0.462 e. The van der Waals surface area contributed by atoms with E-state index in [1.54, 1.807) is 6.08 Å². The van der Waals surface area contributed by atoms with Gasteiger partial charge in [0.1, 0.15) is 13.2 Å². The number of rotatable bonds is 39. The molecule has 0 fully saturated rings. The fourth-order valence-corrected chi connectivity index (χ4v) is 5.86. The van der Waals surface area contributed by atoms with Gasteiger partial charge in [0.15, 0.2) is 6.10 Å². The van der Waals surface area contributed by atoms with Crippen LogP contribution in [0, 0.1) is 0 Å². The van der Waals surface area contributed by atoms with Crippen molar-refractivity contribution >= 4 is 17.9 Å². The van der Waals surface area contributed by atoms with Gasteiger partial charge in [-0.05, 0) is 70.6 Å². The fraction of sp³-hybridized carbons (Fsp3) is 0.694. The van der Waals surface area contributed by atoms with Crippen molar-refractivity contribution in [3.05, 3.63) is 72.9 Å². The Morgan fingerprint density at radius 3 is 1.27 bits per heavy atom. The van der Waals surface area contributed by atoms with Crippen molar-refractivity contribution in [1.82, 2.24) is 0 Å². The topological polar surface area (TPSA) is 78.9 Å². The van der Waals surface area contributed by atoms with Crippen molar-refractivity contribution in [2.24, 2.45) is 0 Å². The summed E-state index contributed by atoms with van der Waals surface area (Å²) < 4.78 is 16.6. The lowest BCUT2D eigenvalue weighted by atomic mass is 10.1. The Balaban J connectivity index is 4.52. The van der Waals surface area contributed by atoms with Gasteiger partial charge in [-0.3, -0.25) is 14.4 Å². The van der Waals surface area contributed by atoms with E-state index in [0.29, 0.717) is 12.8 Å². The molecule has 0 aromatic rings. The van der Waals surface area contributed by atoms with Gasteiger partial charge in [0.2, 0.25) is 0 Å². The molecule has 0 N–H and O–H groups in total. The van der Waals surface area contributed by atoms with E-state index in [9.17, 15) is 14.4 Å². The molecule has 0 aromatic heterocycles. The number of carbonyl (C=O) groups excluding carboxylic acids is 3. The average molecular weight is 767 g/mol. The number of unbranched alkanes of at least 4 members (excludes halogenated alkanes) is 17. The summed E-state index contributed by atoms with van der Waals surface area (Å²) in [4.78, 5) is 37.6. The second kappa shape index (κ2) is 43.6. The molecule has 0 aliphatic carbocycles. The summed E-state index contributed by atoms with van der Waals surface area (Å²) in [7, 11) is 0. The second-order valence-corrected chi connectivity index (χ2v) is 14.6. The first-order valence-electron chi connectivity index (χ1n) is 22.4. The fourth-order valence-electron chi connectivity index (χ4n) is 5.86. The summed E-state index contributed by atoms with van der Waals surface area (Å²) in [5, 5.41) is 0. The summed E-state index contributed by atoms with van der Waals surface area (Å²) in [6, 6.07) is 0. The predicted octanol–water partition coefficient (Wildman–Crippen LogP) is 14.3. The molecule has 0 aliphatic heterocycles. The summed E-state index contributed by atoms with van der Waals surface area (Å²) >= 11 is 0. The molecule has 0 heterocycles. The van der Waals surface area contributed by atoms with Crippen LogP contribution in [-0.2, 0) is 28.6 Å². The molecule has 0 spiro atoms. The Bertz CT molecular complexity index is 1070. The standard InChI is InChI=1S/C49H82O6/c1-4-7-10-13-16-19-21-23-24-26-27-30-33-36-39-42-48(51)54-45-46(44-53-47(50)41-38-35-32-29-18-15-12-9-6-3)55-49(52)43-40-37-34-31-28-25-22-20-17-14-11-8-5-2/h7,10,16,19-20,22-24,27,30,36,39,46H,4-6,8-9,11-15,17-18,21,25-26,28-29,31-35,37-38,40-45H2,1-3H3/b10-7-,19-16-,22-20-,24-23-,30-27-,39-36-. The highest BCUT2D eigenvalue weighted by atomic mass is 16.6. The monoisotopic (exact) mass is 767 g/mol. The first-order chi connectivity index (χ1) is 27.0. The third-order valence-electron chi connectivity index (χ3n) is 9.23. The number of hydrogen-bond donors (Lipinski definition) is 0. The Morgan fingerprint density at radius 1 is 0.400 bits per heavy atom. The van der Waals surface area contributed by atoms with Gasteiger partial charge in [0.25, 0.3) is 0 Å². The van der Waals surface area contributed by atoms with Gasteiger partial charge in [0.05, 0.1) is 6.42 Å². The van der Waals surface area contributed by atoms with Crippen molar-refractivity contribution in [1.29, 1.82) is 0 Å². The Hall–Kier alpha value is -3.15. The molecule has 314 valence electrons. The quantitative estimate of drug-likeness (QED) is 0.0268. The Labute approximate surface area is 338 Å². The van der Waals surface area contributed by atoms with Gasteiger partial charge in [-0.2, -0.15) is 0 Å². The van der Waals surface area contributed by atoms with Crippen LogP contribution in [0.2, 0.25) is 0 Å². The SMILES string of the molecule is CC/C=C\C/C=C\C/C=C\C/C=C\C/C=C\CC(=O)OCC(COC(=O)CCCCCCCCCCC)OC(=O)CCCCCCC/C=C\CCCCCC. The largest absolute Gasteiger partial charge is 0.462 e. The molecule has 0 saturated heterocycles. The molecule has 0 amide bonds. The van der Waals surface area contributed by atoms with Crippen LogP contribution >= 0.6 is 0 Å². The van der Waals surface area contributed by atoms with Gasteiger partial charge < -0.3 is 14.2 Å². The van der Waals surface area contributed by atoms with Crippen molar-refractivity contribution < 1.29 is 28.6 Å².